The molecule has 0 spiro atoms. The molecule has 0 unspecified atom stereocenters. The fraction of sp³-hybridized carbons (Fsp3) is 0.207. The highest BCUT2D eigenvalue weighted by Gasteiger charge is 2.26. The maximum Gasteiger partial charge on any atom is 0.519 e. The minimum Gasteiger partial charge on any atom is -0.465 e. The minimum atomic E-state index is -0.852. The lowest BCUT2D eigenvalue weighted by Gasteiger charge is -2.12. The summed E-state index contributed by atoms with van der Waals surface area (Å²) in [6.07, 6.45) is 0. The first kappa shape index (κ1) is 27.0. The van der Waals surface area contributed by atoms with Crippen molar-refractivity contribution in [2.45, 2.75) is 33.9 Å². The van der Waals surface area contributed by atoms with E-state index in [9.17, 15) is 14.4 Å². The monoisotopic (exact) mass is 588 g/mol. The van der Waals surface area contributed by atoms with Gasteiger partial charge in [0.1, 0.15) is 10.4 Å². The Kier molecular flexibility index (Phi) is 7.08. The molecule has 0 saturated heterocycles. The summed E-state index contributed by atoms with van der Waals surface area (Å²) in [6.45, 7) is 5.82. The second-order valence-corrected chi connectivity index (χ2v) is 10.5. The third kappa shape index (κ3) is 5.05. The zero-order valence-electron chi connectivity index (χ0n) is 22.8. The van der Waals surface area contributed by atoms with Crippen molar-refractivity contribution in [1.29, 1.82) is 0 Å². The molecule has 0 aliphatic rings. The van der Waals surface area contributed by atoms with Crippen LogP contribution in [0.2, 0.25) is 0 Å². The summed E-state index contributed by atoms with van der Waals surface area (Å²) in [5.41, 5.74) is 4.69. The SMILES string of the molecule is CCOc1nc2c(C)sc(C(=O)OCc3oc(=O)oc3C)c2n1Cc1ccc(-c2ccccc2-c2noc(=O)[nH]2)cc1. The number of rotatable bonds is 9. The number of aromatic nitrogens is 4. The number of carbonyl (C=O) groups excluding carboxylic acids is 1. The summed E-state index contributed by atoms with van der Waals surface area (Å²) < 4.78 is 27.7. The van der Waals surface area contributed by atoms with E-state index in [0.717, 1.165) is 27.1 Å². The van der Waals surface area contributed by atoms with E-state index in [-0.39, 0.29) is 18.1 Å². The number of esters is 1. The molecular weight excluding hydrogens is 564 g/mol. The molecule has 214 valence electrons. The van der Waals surface area contributed by atoms with E-state index >= 15 is 0 Å². The van der Waals surface area contributed by atoms with E-state index in [2.05, 4.69) is 15.1 Å². The Morgan fingerprint density at radius 3 is 2.48 bits per heavy atom. The van der Waals surface area contributed by atoms with Crippen molar-refractivity contribution in [2.75, 3.05) is 6.61 Å². The molecule has 4 heterocycles. The van der Waals surface area contributed by atoms with E-state index < -0.39 is 17.5 Å². The second-order valence-electron chi connectivity index (χ2n) is 9.29. The van der Waals surface area contributed by atoms with Crippen LogP contribution in [0.4, 0.5) is 0 Å². The molecular formula is C29H24N4O8S. The van der Waals surface area contributed by atoms with Gasteiger partial charge in [-0.2, -0.15) is 4.98 Å². The number of hydrogen-bond donors (Lipinski definition) is 1. The first-order valence-corrected chi connectivity index (χ1v) is 13.8. The third-order valence-electron chi connectivity index (χ3n) is 6.59. The molecule has 13 heteroatoms. The maximum atomic E-state index is 13.2. The summed E-state index contributed by atoms with van der Waals surface area (Å²) >= 11 is 1.27. The molecule has 0 aliphatic carbocycles. The van der Waals surface area contributed by atoms with Gasteiger partial charge in [-0.15, -0.1) is 11.3 Å². The Morgan fingerprint density at radius 2 is 1.81 bits per heavy atom. The van der Waals surface area contributed by atoms with Gasteiger partial charge in [0.2, 0.25) is 0 Å². The standard InChI is InChI=1S/C29H24N4O8S/c1-4-37-27-30-22-16(3)42-24(26(34)38-14-21-15(2)39-29(36)40-21)23(22)33(27)13-17-9-11-18(12-10-17)19-7-5-6-8-20(19)25-31-28(35)41-32-25/h5-12H,4,13-14H2,1-3H3,(H,31,32,35). The molecule has 42 heavy (non-hydrogen) atoms. The lowest BCUT2D eigenvalue weighted by molar-refractivity contribution is 0.0450. The molecule has 0 radical (unpaired) electrons. The number of hydrogen-bond acceptors (Lipinski definition) is 11. The van der Waals surface area contributed by atoms with Gasteiger partial charge in [-0.3, -0.25) is 14.1 Å². The van der Waals surface area contributed by atoms with Crippen molar-refractivity contribution in [3.05, 3.63) is 96.5 Å². The number of aromatic amines is 1. The summed E-state index contributed by atoms with van der Waals surface area (Å²) in [5, 5.41) is 3.83. The molecule has 2 aromatic carbocycles. The average molecular weight is 589 g/mol. The van der Waals surface area contributed by atoms with Crippen LogP contribution in [0.25, 0.3) is 33.5 Å². The van der Waals surface area contributed by atoms with E-state index in [1.165, 1.54) is 11.3 Å². The van der Waals surface area contributed by atoms with Gasteiger partial charge in [0, 0.05) is 10.4 Å². The zero-order valence-corrected chi connectivity index (χ0v) is 23.6. The minimum absolute atomic E-state index is 0.151. The molecule has 12 nitrogen and oxygen atoms in total. The first-order chi connectivity index (χ1) is 20.3. The van der Waals surface area contributed by atoms with E-state index in [1.807, 2.05) is 66.9 Å². The zero-order chi connectivity index (χ0) is 29.4. The molecule has 0 amide bonds. The van der Waals surface area contributed by atoms with Crippen LogP contribution in [0.3, 0.4) is 0 Å². The van der Waals surface area contributed by atoms with E-state index in [0.29, 0.717) is 40.9 Å². The average Bonchev–Trinajstić information content (AvgIpc) is 3.73. The quantitative estimate of drug-likeness (QED) is 0.226. The summed E-state index contributed by atoms with van der Waals surface area (Å²) in [7, 11) is 0. The van der Waals surface area contributed by atoms with Crippen molar-refractivity contribution in [2.24, 2.45) is 0 Å². The van der Waals surface area contributed by atoms with Crippen LogP contribution >= 0.6 is 11.3 Å². The van der Waals surface area contributed by atoms with Gasteiger partial charge in [-0.1, -0.05) is 53.7 Å². The number of aryl methyl sites for hydroxylation is 2. The Balaban J connectivity index is 1.32. The fourth-order valence-electron chi connectivity index (χ4n) is 4.64. The fourth-order valence-corrected chi connectivity index (χ4v) is 5.64. The van der Waals surface area contributed by atoms with Crippen LogP contribution in [0.15, 0.2) is 71.5 Å². The lowest BCUT2D eigenvalue weighted by atomic mass is 9.98. The van der Waals surface area contributed by atoms with Gasteiger partial charge in [0.25, 0.3) is 6.01 Å². The lowest BCUT2D eigenvalue weighted by Crippen LogP contribution is -2.09. The molecule has 6 rings (SSSR count). The van der Waals surface area contributed by atoms with Crippen LogP contribution in [0.1, 0.15) is 38.6 Å². The number of thiophene rings is 1. The smallest absolute Gasteiger partial charge is 0.465 e. The molecule has 0 bridgehead atoms. The predicted molar refractivity (Wildman–Crippen MR) is 152 cm³/mol. The van der Waals surface area contributed by atoms with Crippen molar-refractivity contribution in [3.8, 4) is 28.5 Å². The molecule has 1 N–H and O–H groups in total. The number of H-pyrrole nitrogens is 1. The number of carbonyl (C=O) groups is 1. The maximum absolute atomic E-state index is 13.2. The molecule has 6 aromatic rings. The van der Waals surface area contributed by atoms with Crippen LogP contribution in [0, 0.1) is 13.8 Å². The van der Waals surface area contributed by atoms with Gasteiger partial charge in [0.05, 0.1) is 18.7 Å². The Hall–Kier alpha value is -5.17. The number of ether oxygens (including phenoxy) is 2. The Labute approximate surface area is 241 Å². The molecule has 4 aromatic heterocycles. The van der Waals surface area contributed by atoms with E-state index in [1.54, 1.807) is 6.92 Å². The molecule has 0 aliphatic heterocycles. The van der Waals surface area contributed by atoms with Crippen molar-refractivity contribution in [1.82, 2.24) is 19.7 Å². The third-order valence-corrected chi connectivity index (χ3v) is 7.66. The normalized spacial score (nSPS) is 11.3. The van der Waals surface area contributed by atoms with Gasteiger partial charge in [-0.25, -0.2) is 14.4 Å². The Bertz CT molecular complexity index is 2020. The highest BCUT2D eigenvalue weighted by molar-refractivity contribution is 7.15. The molecule has 0 fully saturated rings. The summed E-state index contributed by atoms with van der Waals surface area (Å²) in [6, 6.07) is 15.8. The van der Waals surface area contributed by atoms with Gasteiger partial charge in [-0.05, 0) is 37.5 Å². The number of benzene rings is 2. The van der Waals surface area contributed by atoms with Crippen LogP contribution < -0.4 is 16.3 Å². The van der Waals surface area contributed by atoms with Crippen molar-refractivity contribution in [3.63, 3.8) is 0 Å². The largest absolute Gasteiger partial charge is 0.519 e. The van der Waals surface area contributed by atoms with Crippen LogP contribution in [0.5, 0.6) is 6.01 Å². The Morgan fingerprint density at radius 1 is 1.05 bits per heavy atom. The van der Waals surface area contributed by atoms with Gasteiger partial charge in [0.15, 0.2) is 24.0 Å². The van der Waals surface area contributed by atoms with Crippen LogP contribution in [-0.2, 0) is 17.9 Å². The molecule has 0 saturated carbocycles. The highest BCUT2D eigenvalue weighted by atomic mass is 32.1. The van der Waals surface area contributed by atoms with Gasteiger partial charge < -0.3 is 18.3 Å². The van der Waals surface area contributed by atoms with Crippen molar-refractivity contribution >= 4 is 28.3 Å². The first-order valence-electron chi connectivity index (χ1n) is 13.0. The molecule has 0 atom stereocenters. The van der Waals surface area contributed by atoms with E-state index in [4.69, 9.17) is 22.8 Å². The van der Waals surface area contributed by atoms with Crippen LogP contribution in [-0.4, -0.2) is 32.3 Å². The second kappa shape index (κ2) is 11.0. The van der Waals surface area contributed by atoms with Gasteiger partial charge >= 0.3 is 17.5 Å². The number of nitrogens with zero attached hydrogens (tertiary/aromatic N) is 3. The number of imidazole rings is 1. The highest BCUT2D eigenvalue weighted by Crippen LogP contribution is 2.36. The number of nitrogens with one attached hydrogen (secondary N) is 1. The summed E-state index contributed by atoms with van der Waals surface area (Å²) in [4.78, 5) is 44.5. The number of fused-ring (bicyclic) bond motifs is 1. The van der Waals surface area contributed by atoms with Crippen molar-refractivity contribution < 1.29 is 27.6 Å². The topological polar surface area (TPSA) is 156 Å². The summed E-state index contributed by atoms with van der Waals surface area (Å²) in [5.74, 6) is -1.30. The predicted octanol–water partition coefficient (Wildman–Crippen LogP) is 5.08.